The summed E-state index contributed by atoms with van der Waals surface area (Å²) in [6.07, 6.45) is 4.44. The lowest BCUT2D eigenvalue weighted by atomic mass is 10.0. The predicted octanol–water partition coefficient (Wildman–Crippen LogP) is 4.89. The maximum Gasteiger partial charge on any atom is 0.303 e. The Morgan fingerprint density at radius 3 is 2.50 bits per heavy atom. The zero-order valence-electron chi connectivity index (χ0n) is 16.3. The monoisotopic (exact) mass is 396 g/mol. The van der Waals surface area contributed by atoms with Crippen LogP contribution in [0, 0.1) is 0 Å². The first-order valence-corrected chi connectivity index (χ1v) is 10.1. The molecule has 2 aromatic carbocycles. The minimum atomic E-state index is -0.960. The quantitative estimate of drug-likeness (QED) is 0.549. The Bertz CT molecular complexity index is 1020. The molecule has 1 heterocycles. The van der Waals surface area contributed by atoms with Gasteiger partial charge in [0.15, 0.2) is 5.16 Å². The number of carboxylic acid groups (broad SMARTS) is 1. The highest BCUT2D eigenvalue weighted by molar-refractivity contribution is 8.01. The van der Waals surface area contributed by atoms with Crippen LogP contribution in [0.25, 0.3) is 16.5 Å². The van der Waals surface area contributed by atoms with Gasteiger partial charge in [-0.3, -0.25) is 14.2 Å². The number of carbonyl (C=O) groups is 2. The Kier molecular flexibility index (Phi) is 5.89. The number of nitrogens with zero attached hydrogens (tertiary/aromatic N) is 2. The molecule has 6 heteroatoms. The van der Waals surface area contributed by atoms with Crippen LogP contribution in [-0.2, 0) is 16.0 Å². The van der Waals surface area contributed by atoms with Crippen molar-refractivity contribution in [3.8, 4) is 5.69 Å². The molecule has 0 aliphatic rings. The molecule has 0 aliphatic heterocycles. The van der Waals surface area contributed by atoms with Crippen LogP contribution in [0.5, 0.6) is 0 Å². The van der Waals surface area contributed by atoms with E-state index in [-0.39, 0.29) is 18.6 Å². The Morgan fingerprint density at radius 2 is 1.82 bits per heavy atom. The molecule has 0 radical (unpaired) electrons. The van der Waals surface area contributed by atoms with Crippen LogP contribution < -0.4 is 0 Å². The van der Waals surface area contributed by atoms with Crippen LogP contribution in [0.15, 0.2) is 53.9 Å². The van der Waals surface area contributed by atoms with E-state index >= 15 is 0 Å². The number of hydrogen-bond acceptors (Lipinski definition) is 4. The molecular weight excluding hydrogens is 372 g/mol. The standard InChI is InChI=1S/C22H24N2O3S/c1-4-15-9-10-18(17-8-6-5-7-16(15)17)24-14-13-23-21(24)28-22(2,3)19(25)11-12-20(26)27/h5-10,13-14H,4,11-12H2,1-3H3,(H,26,27). The van der Waals surface area contributed by atoms with E-state index in [4.69, 9.17) is 5.11 Å². The number of fused-ring (bicyclic) bond motifs is 1. The lowest BCUT2D eigenvalue weighted by molar-refractivity contribution is -0.138. The van der Waals surface area contributed by atoms with Crippen molar-refractivity contribution in [2.24, 2.45) is 0 Å². The highest BCUT2D eigenvalue weighted by Gasteiger charge is 2.31. The summed E-state index contributed by atoms with van der Waals surface area (Å²) in [7, 11) is 0. The molecule has 3 rings (SSSR count). The predicted molar refractivity (Wildman–Crippen MR) is 112 cm³/mol. The fourth-order valence-corrected chi connectivity index (χ4v) is 4.26. The van der Waals surface area contributed by atoms with Gasteiger partial charge in [0.1, 0.15) is 5.78 Å². The third-order valence-corrected chi connectivity index (χ3v) is 6.05. The fraction of sp³-hybridized carbons (Fsp3) is 0.318. The van der Waals surface area contributed by atoms with E-state index in [1.54, 1.807) is 6.20 Å². The summed E-state index contributed by atoms with van der Waals surface area (Å²) in [5, 5.41) is 11.9. The third kappa shape index (κ3) is 4.12. The van der Waals surface area contributed by atoms with E-state index in [2.05, 4.69) is 36.2 Å². The van der Waals surface area contributed by atoms with E-state index < -0.39 is 10.7 Å². The molecule has 0 saturated heterocycles. The van der Waals surface area contributed by atoms with E-state index in [0.717, 1.165) is 17.5 Å². The Balaban J connectivity index is 1.96. The number of aryl methyl sites for hydroxylation is 1. The van der Waals surface area contributed by atoms with Gasteiger partial charge in [0.25, 0.3) is 0 Å². The first-order valence-electron chi connectivity index (χ1n) is 9.32. The van der Waals surface area contributed by atoms with Crippen LogP contribution in [0.3, 0.4) is 0 Å². The topological polar surface area (TPSA) is 72.2 Å². The average Bonchev–Trinajstić information content (AvgIpc) is 3.12. The molecule has 0 unspecified atom stereocenters. The molecule has 3 aromatic rings. The van der Waals surface area contributed by atoms with Crippen molar-refractivity contribution in [1.82, 2.24) is 9.55 Å². The average molecular weight is 397 g/mol. The highest BCUT2D eigenvalue weighted by atomic mass is 32.2. The molecule has 146 valence electrons. The molecule has 0 aliphatic carbocycles. The molecule has 0 atom stereocenters. The number of rotatable bonds is 8. The van der Waals surface area contributed by atoms with Gasteiger partial charge in [-0.25, -0.2) is 4.98 Å². The number of thioether (sulfide) groups is 1. The Labute approximate surface area is 168 Å². The van der Waals surface area contributed by atoms with E-state index in [1.807, 2.05) is 36.7 Å². The molecule has 0 fully saturated rings. The summed E-state index contributed by atoms with van der Waals surface area (Å²) >= 11 is 1.36. The first-order chi connectivity index (χ1) is 13.3. The van der Waals surface area contributed by atoms with Gasteiger partial charge in [0.05, 0.1) is 16.9 Å². The van der Waals surface area contributed by atoms with Gasteiger partial charge in [-0.2, -0.15) is 0 Å². The van der Waals surface area contributed by atoms with Gasteiger partial charge in [-0.05, 0) is 37.3 Å². The summed E-state index contributed by atoms with van der Waals surface area (Å²) < 4.78 is 1.23. The molecule has 0 bridgehead atoms. The zero-order chi connectivity index (χ0) is 20.3. The molecule has 0 amide bonds. The number of imidazole rings is 1. The second kappa shape index (κ2) is 8.19. The molecule has 1 N–H and O–H groups in total. The van der Waals surface area contributed by atoms with E-state index in [0.29, 0.717) is 5.16 Å². The van der Waals surface area contributed by atoms with E-state index in [9.17, 15) is 9.59 Å². The molecule has 28 heavy (non-hydrogen) atoms. The highest BCUT2D eigenvalue weighted by Crippen LogP contribution is 2.36. The van der Waals surface area contributed by atoms with Gasteiger partial charge in [0.2, 0.25) is 0 Å². The van der Waals surface area contributed by atoms with Crippen molar-refractivity contribution < 1.29 is 14.7 Å². The maximum atomic E-state index is 12.5. The Hall–Kier alpha value is -2.60. The lowest BCUT2D eigenvalue weighted by Crippen LogP contribution is -2.28. The minimum Gasteiger partial charge on any atom is -0.481 e. The largest absolute Gasteiger partial charge is 0.481 e. The second-order valence-corrected chi connectivity index (χ2v) is 8.74. The van der Waals surface area contributed by atoms with Gasteiger partial charge < -0.3 is 5.11 Å². The van der Waals surface area contributed by atoms with Gasteiger partial charge in [-0.1, -0.05) is 49.0 Å². The minimum absolute atomic E-state index is 0.0180. The van der Waals surface area contributed by atoms with Crippen molar-refractivity contribution >= 4 is 34.3 Å². The number of Topliss-reactive ketones (excluding diaryl/α,β-unsaturated/α-hetero) is 1. The number of carboxylic acids is 1. The summed E-state index contributed by atoms with van der Waals surface area (Å²) in [6.45, 7) is 5.78. The normalized spacial score (nSPS) is 11.7. The summed E-state index contributed by atoms with van der Waals surface area (Å²) in [4.78, 5) is 27.8. The zero-order valence-corrected chi connectivity index (χ0v) is 17.1. The molecule has 5 nitrogen and oxygen atoms in total. The number of aromatic nitrogens is 2. The molecule has 1 aromatic heterocycles. The molecular formula is C22H24N2O3S. The number of carbonyl (C=O) groups excluding carboxylic acids is 1. The van der Waals surface area contributed by atoms with Crippen LogP contribution in [-0.4, -0.2) is 31.2 Å². The summed E-state index contributed by atoms with van der Waals surface area (Å²) in [5.74, 6) is -1.06. The van der Waals surface area contributed by atoms with Crippen molar-refractivity contribution in [3.05, 3.63) is 54.4 Å². The van der Waals surface area contributed by atoms with Crippen molar-refractivity contribution in [3.63, 3.8) is 0 Å². The van der Waals surface area contributed by atoms with Crippen molar-refractivity contribution in [1.29, 1.82) is 0 Å². The number of benzene rings is 2. The summed E-state index contributed by atoms with van der Waals surface area (Å²) in [5.41, 5.74) is 2.31. The SMILES string of the molecule is CCc1ccc(-n2ccnc2SC(C)(C)C(=O)CCC(=O)O)c2ccccc12. The first kappa shape index (κ1) is 20.1. The number of ketones is 1. The van der Waals surface area contributed by atoms with Crippen molar-refractivity contribution in [2.75, 3.05) is 0 Å². The maximum absolute atomic E-state index is 12.5. The third-order valence-electron chi connectivity index (χ3n) is 4.82. The van der Waals surface area contributed by atoms with Crippen LogP contribution in [0.4, 0.5) is 0 Å². The van der Waals surface area contributed by atoms with Gasteiger partial charge in [0, 0.05) is 24.2 Å². The summed E-state index contributed by atoms with van der Waals surface area (Å²) in [6, 6.07) is 12.5. The second-order valence-electron chi connectivity index (χ2n) is 7.15. The van der Waals surface area contributed by atoms with Crippen LogP contribution in [0.2, 0.25) is 0 Å². The molecule has 0 saturated carbocycles. The number of aliphatic carboxylic acids is 1. The fourth-order valence-electron chi connectivity index (χ4n) is 3.22. The van der Waals surface area contributed by atoms with Crippen LogP contribution >= 0.6 is 11.8 Å². The van der Waals surface area contributed by atoms with Crippen LogP contribution in [0.1, 0.15) is 39.2 Å². The van der Waals surface area contributed by atoms with Crippen molar-refractivity contribution in [2.45, 2.75) is 49.9 Å². The lowest BCUT2D eigenvalue weighted by Gasteiger charge is -2.22. The molecule has 0 spiro atoms. The van der Waals surface area contributed by atoms with Gasteiger partial charge in [-0.15, -0.1) is 0 Å². The Morgan fingerprint density at radius 1 is 1.11 bits per heavy atom. The number of hydrogen-bond donors (Lipinski definition) is 1. The van der Waals surface area contributed by atoms with E-state index in [1.165, 1.54) is 22.7 Å². The smallest absolute Gasteiger partial charge is 0.303 e. The van der Waals surface area contributed by atoms with Gasteiger partial charge >= 0.3 is 5.97 Å².